The highest BCUT2D eigenvalue weighted by atomic mass is 35.5. The first-order valence-corrected chi connectivity index (χ1v) is 8.56. The zero-order valence-electron chi connectivity index (χ0n) is 13.7. The van der Waals surface area contributed by atoms with E-state index in [4.69, 9.17) is 16.3 Å². The van der Waals surface area contributed by atoms with Gasteiger partial charge in [0.05, 0.1) is 6.10 Å². The van der Waals surface area contributed by atoms with Gasteiger partial charge in [0.15, 0.2) is 0 Å². The Hall–Kier alpha value is -0.570. The average Bonchev–Trinajstić information content (AvgIpc) is 2.49. The molecule has 0 amide bonds. The van der Waals surface area contributed by atoms with Crippen molar-refractivity contribution in [3.8, 4) is 0 Å². The molecule has 1 aliphatic rings. The molecule has 0 spiro atoms. The van der Waals surface area contributed by atoms with Gasteiger partial charge in [-0.2, -0.15) is 0 Å². The molecule has 1 aromatic rings. The first-order valence-electron chi connectivity index (χ1n) is 8.18. The molecule has 4 atom stereocenters. The van der Waals surface area contributed by atoms with Crippen molar-refractivity contribution in [2.75, 3.05) is 6.61 Å². The monoisotopic (exact) mass is 309 g/mol. The molecular formula is C18H28ClNO. The van der Waals surface area contributed by atoms with E-state index in [1.54, 1.807) is 0 Å². The van der Waals surface area contributed by atoms with E-state index < -0.39 is 0 Å². The molecule has 0 heterocycles. The predicted molar refractivity (Wildman–Crippen MR) is 89.8 cm³/mol. The van der Waals surface area contributed by atoms with Gasteiger partial charge in [-0.1, -0.05) is 44.5 Å². The van der Waals surface area contributed by atoms with Crippen LogP contribution in [-0.4, -0.2) is 18.8 Å². The molecule has 0 radical (unpaired) electrons. The quantitative estimate of drug-likeness (QED) is 0.767. The highest BCUT2D eigenvalue weighted by molar-refractivity contribution is 6.30. The van der Waals surface area contributed by atoms with Gasteiger partial charge in [-0.05, 0) is 43.9 Å². The molecule has 21 heavy (non-hydrogen) atoms. The van der Waals surface area contributed by atoms with Gasteiger partial charge in [0.25, 0.3) is 0 Å². The molecule has 0 aromatic heterocycles. The average molecular weight is 310 g/mol. The second kappa shape index (κ2) is 7.13. The summed E-state index contributed by atoms with van der Waals surface area (Å²) in [5.41, 5.74) is 1.52. The minimum atomic E-state index is 0.238. The molecule has 0 bridgehead atoms. The zero-order valence-corrected chi connectivity index (χ0v) is 14.4. The Morgan fingerprint density at radius 1 is 1.38 bits per heavy atom. The number of hydrogen-bond acceptors (Lipinski definition) is 2. The summed E-state index contributed by atoms with van der Waals surface area (Å²) in [7, 11) is 0. The van der Waals surface area contributed by atoms with Crippen LogP contribution >= 0.6 is 11.6 Å². The van der Waals surface area contributed by atoms with Crippen LogP contribution in [0.1, 0.15) is 58.6 Å². The van der Waals surface area contributed by atoms with Crippen LogP contribution in [0.5, 0.6) is 0 Å². The standard InChI is InChI=1S/C18H28ClNO/c1-5-15(13-9-8-10-14(19)11-13)20-16-12-17(21-7-3)18(16,4)6-2/h8-11,15-17,20H,5-7,12H2,1-4H3. The van der Waals surface area contributed by atoms with Gasteiger partial charge in [0, 0.05) is 29.1 Å². The first kappa shape index (κ1) is 16.8. The maximum atomic E-state index is 6.13. The SMILES string of the molecule is CCOC1CC(NC(CC)c2cccc(Cl)c2)C1(C)CC. The summed E-state index contributed by atoms with van der Waals surface area (Å²) in [5.74, 6) is 0. The van der Waals surface area contributed by atoms with Gasteiger partial charge >= 0.3 is 0 Å². The Kier molecular flexibility index (Phi) is 5.70. The van der Waals surface area contributed by atoms with E-state index in [1.165, 1.54) is 5.56 Å². The number of hydrogen-bond donors (Lipinski definition) is 1. The van der Waals surface area contributed by atoms with Crippen LogP contribution in [0, 0.1) is 5.41 Å². The van der Waals surface area contributed by atoms with Gasteiger partial charge in [-0.15, -0.1) is 0 Å². The summed E-state index contributed by atoms with van der Waals surface area (Å²) >= 11 is 6.13. The van der Waals surface area contributed by atoms with E-state index in [-0.39, 0.29) is 5.41 Å². The van der Waals surface area contributed by atoms with Crippen molar-refractivity contribution in [2.45, 2.75) is 65.1 Å². The van der Waals surface area contributed by atoms with Gasteiger partial charge in [-0.25, -0.2) is 0 Å². The summed E-state index contributed by atoms with van der Waals surface area (Å²) in [4.78, 5) is 0. The van der Waals surface area contributed by atoms with E-state index in [9.17, 15) is 0 Å². The molecule has 1 fully saturated rings. The van der Waals surface area contributed by atoms with Gasteiger partial charge in [0.2, 0.25) is 0 Å². The molecule has 1 saturated carbocycles. The molecule has 3 heteroatoms. The minimum absolute atomic E-state index is 0.238. The number of halogens is 1. The third-order valence-corrected chi connectivity index (χ3v) is 5.41. The summed E-state index contributed by atoms with van der Waals surface area (Å²) in [6, 6.07) is 9.08. The molecule has 2 rings (SSSR count). The Morgan fingerprint density at radius 2 is 2.14 bits per heavy atom. The second-order valence-corrected chi connectivity index (χ2v) is 6.71. The van der Waals surface area contributed by atoms with Crippen molar-refractivity contribution in [2.24, 2.45) is 5.41 Å². The van der Waals surface area contributed by atoms with Crippen LogP contribution in [0.4, 0.5) is 0 Å². The minimum Gasteiger partial charge on any atom is -0.378 e. The molecule has 1 aliphatic carbocycles. The summed E-state index contributed by atoms with van der Waals surface area (Å²) in [6.07, 6.45) is 3.70. The number of nitrogens with one attached hydrogen (secondary N) is 1. The van der Waals surface area contributed by atoms with Crippen molar-refractivity contribution in [3.05, 3.63) is 34.9 Å². The third kappa shape index (κ3) is 3.44. The van der Waals surface area contributed by atoms with Crippen LogP contribution in [-0.2, 0) is 4.74 Å². The van der Waals surface area contributed by atoms with Crippen LogP contribution in [0.15, 0.2) is 24.3 Å². The predicted octanol–water partition coefficient (Wildman–Crippen LogP) is 4.97. The highest BCUT2D eigenvalue weighted by Crippen LogP contribution is 2.46. The van der Waals surface area contributed by atoms with Crippen molar-refractivity contribution >= 4 is 11.6 Å². The van der Waals surface area contributed by atoms with Crippen LogP contribution in [0.3, 0.4) is 0 Å². The summed E-state index contributed by atoms with van der Waals surface area (Å²) in [6.45, 7) is 9.72. The lowest BCUT2D eigenvalue weighted by Crippen LogP contribution is -2.62. The van der Waals surface area contributed by atoms with Crippen molar-refractivity contribution < 1.29 is 4.74 Å². The Balaban J connectivity index is 2.06. The van der Waals surface area contributed by atoms with E-state index in [2.05, 4.69) is 45.1 Å². The number of ether oxygens (including phenoxy) is 1. The van der Waals surface area contributed by atoms with E-state index in [0.29, 0.717) is 18.2 Å². The summed E-state index contributed by atoms with van der Waals surface area (Å²) in [5, 5.41) is 4.65. The molecule has 1 N–H and O–H groups in total. The zero-order chi connectivity index (χ0) is 15.5. The summed E-state index contributed by atoms with van der Waals surface area (Å²) < 4.78 is 5.89. The largest absolute Gasteiger partial charge is 0.378 e. The Bertz CT molecular complexity index is 464. The second-order valence-electron chi connectivity index (χ2n) is 6.27. The van der Waals surface area contributed by atoms with Gasteiger partial charge < -0.3 is 10.1 Å². The van der Waals surface area contributed by atoms with E-state index in [1.807, 2.05) is 12.1 Å². The van der Waals surface area contributed by atoms with Crippen LogP contribution in [0.2, 0.25) is 5.02 Å². The molecule has 2 nitrogen and oxygen atoms in total. The topological polar surface area (TPSA) is 21.3 Å². The molecule has 118 valence electrons. The lowest BCUT2D eigenvalue weighted by molar-refractivity contribution is -0.128. The fraction of sp³-hybridized carbons (Fsp3) is 0.667. The fourth-order valence-electron chi connectivity index (χ4n) is 3.42. The lowest BCUT2D eigenvalue weighted by Gasteiger charge is -2.54. The molecule has 0 saturated heterocycles. The molecule has 0 aliphatic heterocycles. The molecule has 4 unspecified atom stereocenters. The van der Waals surface area contributed by atoms with E-state index in [0.717, 1.165) is 30.9 Å². The smallest absolute Gasteiger partial charge is 0.0658 e. The van der Waals surface area contributed by atoms with Gasteiger partial charge in [0.1, 0.15) is 0 Å². The number of benzene rings is 1. The highest BCUT2D eigenvalue weighted by Gasteiger charge is 2.51. The maximum Gasteiger partial charge on any atom is 0.0658 e. The Labute approximate surface area is 134 Å². The van der Waals surface area contributed by atoms with Crippen LogP contribution < -0.4 is 5.32 Å². The maximum absolute atomic E-state index is 6.13. The first-order chi connectivity index (χ1) is 10.0. The van der Waals surface area contributed by atoms with E-state index >= 15 is 0 Å². The fourth-order valence-corrected chi connectivity index (χ4v) is 3.62. The molecular weight excluding hydrogens is 282 g/mol. The lowest BCUT2D eigenvalue weighted by atomic mass is 9.61. The van der Waals surface area contributed by atoms with Crippen molar-refractivity contribution in [3.63, 3.8) is 0 Å². The van der Waals surface area contributed by atoms with Crippen LogP contribution in [0.25, 0.3) is 0 Å². The third-order valence-electron chi connectivity index (χ3n) is 5.17. The number of rotatable bonds is 7. The van der Waals surface area contributed by atoms with Crippen molar-refractivity contribution in [1.82, 2.24) is 5.32 Å². The van der Waals surface area contributed by atoms with Crippen molar-refractivity contribution in [1.29, 1.82) is 0 Å². The Morgan fingerprint density at radius 3 is 2.71 bits per heavy atom. The molecule has 1 aromatic carbocycles. The normalized spacial score (nSPS) is 30.0. The van der Waals surface area contributed by atoms with Gasteiger partial charge in [-0.3, -0.25) is 0 Å².